The average Bonchev–Trinajstić information content (AvgIpc) is 3.38. The Morgan fingerprint density at radius 3 is 2.59 bits per heavy atom. The van der Waals surface area contributed by atoms with E-state index in [0.717, 1.165) is 42.0 Å². The number of phenolic OH excluding ortho intramolecular Hbond substituents is 1. The van der Waals surface area contributed by atoms with Crippen molar-refractivity contribution in [2.75, 3.05) is 12.4 Å². The maximum absolute atomic E-state index is 12.5. The van der Waals surface area contributed by atoms with Crippen molar-refractivity contribution >= 4 is 44.3 Å². The number of sulfone groups is 1. The third-order valence-electron chi connectivity index (χ3n) is 5.93. The topological polar surface area (TPSA) is 105 Å². The van der Waals surface area contributed by atoms with Gasteiger partial charge >= 0.3 is 0 Å². The first-order valence-corrected chi connectivity index (χ1v) is 13.1. The molecular weight excluding hydrogens is 476 g/mol. The fraction of sp³-hybridized carbons (Fsp3) is 0.280. The third kappa shape index (κ3) is 5.51. The largest absolute Gasteiger partial charge is 0.506 e. The van der Waals surface area contributed by atoms with E-state index in [2.05, 4.69) is 10.5 Å². The maximum Gasteiger partial charge on any atom is 0.271 e. The molecule has 7 nitrogen and oxygen atoms in total. The van der Waals surface area contributed by atoms with Crippen molar-refractivity contribution in [3.8, 4) is 11.5 Å². The summed E-state index contributed by atoms with van der Waals surface area (Å²) in [5, 5.41) is 15.0. The Balaban J connectivity index is 1.44. The summed E-state index contributed by atoms with van der Waals surface area (Å²) in [7, 11) is -3.15. The second-order valence-corrected chi connectivity index (χ2v) is 11.0. The van der Waals surface area contributed by atoms with Gasteiger partial charge < -0.3 is 9.84 Å². The molecule has 1 aliphatic rings. The fourth-order valence-corrected chi connectivity index (χ4v) is 5.97. The van der Waals surface area contributed by atoms with E-state index in [0.29, 0.717) is 5.75 Å². The molecule has 4 rings (SSSR count). The number of hydrogen-bond donors (Lipinski definition) is 2. The maximum atomic E-state index is 12.5. The van der Waals surface area contributed by atoms with Crippen LogP contribution in [0.15, 0.2) is 59.7 Å². The number of hydrazone groups is 1. The minimum atomic E-state index is -3.15. The molecule has 0 spiro atoms. The highest BCUT2D eigenvalue weighted by atomic mass is 35.5. The number of aromatic hydroxyl groups is 1. The lowest BCUT2D eigenvalue weighted by Crippen LogP contribution is -2.24. The number of ether oxygens (including phenoxy) is 1. The van der Waals surface area contributed by atoms with Crippen molar-refractivity contribution in [3.05, 3.63) is 70.7 Å². The second kappa shape index (κ2) is 10.4. The molecule has 1 saturated carbocycles. The Bertz CT molecular complexity index is 1330. The van der Waals surface area contributed by atoms with Gasteiger partial charge in [-0.3, -0.25) is 4.79 Å². The molecule has 3 aromatic carbocycles. The van der Waals surface area contributed by atoms with Gasteiger partial charge in [-0.1, -0.05) is 48.7 Å². The number of carbonyl (C=O) groups is 1. The quantitative estimate of drug-likeness (QED) is 0.344. The fourth-order valence-electron chi connectivity index (χ4n) is 4.09. The predicted octanol–water partition coefficient (Wildman–Crippen LogP) is 4.70. The summed E-state index contributed by atoms with van der Waals surface area (Å²) in [4.78, 5) is 12.3. The first-order valence-electron chi connectivity index (χ1n) is 11.0. The molecule has 178 valence electrons. The van der Waals surface area contributed by atoms with Crippen LogP contribution < -0.4 is 10.2 Å². The van der Waals surface area contributed by atoms with E-state index >= 15 is 0 Å². The van der Waals surface area contributed by atoms with Crippen LogP contribution in [0.1, 0.15) is 41.6 Å². The van der Waals surface area contributed by atoms with Gasteiger partial charge in [-0.2, -0.15) is 5.10 Å². The highest BCUT2D eigenvalue weighted by molar-refractivity contribution is 7.92. The monoisotopic (exact) mass is 500 g/mol. The Hall–Kier alpha value is -3.10. The zero-order valence-electron chi connectivity index (χ0n) is 18.4. The molecule has 3 aromatic rings. The van der Waals surface area contributed by atoms with Gasteiger partial charge in [0.2, 0.25) is 0 Å². The molecule has 1 aliphatic carbocycles. The highest BCUT2D eigenvalue weighted by Gasteiger charge is 2.28. The van der Waals surface area contributed by atoms with Gasteiger partial charge in [0.05, 0.1) is 22.2 Å². The Morgan fingerprint density at radius 1 is 1.12 bits per heavy atom. The SMILES string of the molecule is O=C(NN=Cc1ccc(OCCS(=O)(=O)C2CCCC2)c2ccccc12)c1ccc(O)c(Cl)c1. The van der Waals surface area contributed by atoms with Gasteiger partial charge in [-0.25, -0.2) is 13.8 Å². The van der Waals surface area contributed by atoms with E-state index in [1.165, 1.54) is 24.4 Å². The van der Waals surface area contributed by atoms with Crippen LogP contribution in [-0.2, 0) is 9.84 Å². The molecule has 9 heteroatoms. The molecule has 0 aliphatic heterocycles. The molecule has 1 amide bonds. The molecule has 0 radical (unpaired) electrons. The Kier molecular flexibility index (Phi) is 7.38. The number of nitrogens with one attached hydrogen (secondary N) is 1. The molecule has 34 heavy (non-hydrogen) atoms. The standard InChI is InChI=1S/C25H25ClN2O5S/c26-22-15-17(9-11-23(22)29)25(30)28-27-16-18-10-12-24(21-8-4-3-7-20(18)21)33-13-14-34(31,32)19-5-1-2-6-19/h3-4,7-12,15-16,19,29H,1-2,5-6,13-14H2,(H,28,30). The highest BCUT2D eigenvalue weighted by Crippen LogP contribution is 2.29. The van der Waals surface area contributed by atoms with Crippen LogP contribution in [0.4, 0.5) is 0 Å². The minimum absolute atomic E-state index is 0.00249. The number of amides is 1. The van der Waals surface area contributed by atoms with Crippen LogP contribution in [0.5, 0.6) is 11.5 Å². The van der Waals surface area contributed by atoms with Crippen molar-refractivity contribution < 1.29 is 23.1 Å². The van der Waals surface area contributed by atoms with Crippen LogP contribution in [0.3, 0.4) is 0 Å². The summed E-state index contributed by atoms with van der Waals surface area (Å²) in [6.45, 7) is 0.0987. The van der Waals surface area contributed by atoms with Gasteiger partial charge in [-0.05, 0) is 48.6 Å². The van der Waals surface area contributed by atoms with E-state index in [1.807, 2.05) is 24.3 Å². The number of fused-ring (bicyclic) bond motifs is 1. The van der Waals surface area contributed by atoms with Crippen molar-refractivity contribution in [2.45, 2.75) is 30.9 Å². The Labute approximate surface area is 203 Å². The molecule has 1 fully saturated rings. The van der Waals surface area contributed by atoms with Gasteiger partial charge in [0.1, 0.15) is 18.1 Å². The van der Waals surface area contributed by atoms with Crippen molar-refractivity contribution in [3.63, 3.8) is 0 Å². The number of phenols is 1. The van der Waals surface area contributed by atoms with E-state index in [4.69, 9.17) is 16.3 Å². The van der Waals surface area contributed by atoms with Gasteiger partial charge in [0.15, 0.2) is 9.84 Å². The summed E-state index contributed by atoms with van der Waals surface area (Å²) in [5.41, 5.74) is 3.46. The molecule has 0 bridgehead atoms. The predicted molar refractivity (Wildman–Crippen MR) is 134 cm³/mol. The van der Waals surface area contributed by atoms with Crippen LogP contribution >= 0.6 is 11.6 Å². The molecule has 0 saturated heterocycles. The normalized spacial score (nSPS) is 14.6. The Morgan fingerprint density at radius 2 is 1.85 bits per heavy atom. The first kappa shape index (κ1) is 24.0. The van der Waals surface area contributed by atoms with E-state index in [9.17, 15) is 18.3 Å². The summed E-state index contributed by atoms with van der Waals surface area (Å²) >= 11 is 5.85. The third-order valence-corrected chi connectivity index (χ3v) is 8.46. The molecular formula is C25H25ClN2O5S. The molecule has 0 heterocycles. The zero-order chi connectivity index (χ0) is 24.1. The minimum Gasteiger partial charge on any atom is -0.506 e. The lowest BCUT2D eigenvalue weighted by atomic mass is 10.0. The molecule has 2 N–H and O–H groups in total. The van der Waals surface area contributed by atoms with E-state index in [-0.39, 0.29) is 33.9 Å². The van der Waals surface area contributed by atoms with Gasteiger partial charge in [0.25, 0.3) is 5.91 Å². The van der Waals surface area contributed by atoms with E-state index < -0.39 is 15.7 Å². The van der Waals surface area contributed by atoms with Crippen molar-refractivity contribution in [1.29, 1.82) is 0 Å². The number of halogens is 1. The van der Waals surface area contributed by atoms with Crippen LogP contribution in [0.2, 0.25) is 5.02 Å². The first-order chi connectivity index (χ1) is 16.3. The number of benzene rings is 3. The van der Waals surface area contributed by atoms with Gasteiger partial charge in [0, 0.05) is 16.5 Å². The summed E-state index contributed by atoms with van der Waals surface area (Å²) in [6.07, 6.45) is 4.96. The van der Waals surface area contributed by atoms with E-state index in [1.54, 1.807) is 12.1 Å². The summed E-state index contributed by atoms with van der Waals surface area (Å²) in [5.74, 6) is 0.0253. The summed E-state index contributed by atoms with van der Waals surface area (Å²) in [6, 6.07) is 15.3. The second-order valence-electron chi connectivity index (χ2n) is 8.19. The van der Waals surface area contributed by atoms with Gasteiger partial charge in [-0.15, -0.1) is 0 Å². The van der Waals surface area contributed by atoms with Crippen LogP contribution in [0.25, 0.3) is 10.8 Å². The number of hydrogen-bond acceptors (Lipinski definition) is 6. The molecule has 0 unspecified atom stereocenters. The zero-order valence-corrected chi connectivity index (χ0v) is 20.0. The van der Waals surface area contributed by atoms with Crippen LogP contribution in [0, 0.1) is 0 Å². The molecule has 0 atom stereocenters. The number of carbonyl (C=O) groups excluding carboxylic acids is 1. The number of nitrogens with zero attached hydrogens (tertiary/aromatic N) is 1. The molecule has 0 aromatic heterocycles. The number of rotatable bonds is 8. The average molecular weight is 501 g/mol. The lowest BCUT2D eigenvalue weighted by Gasteiger charge is -2.13. The van der Waals surface area contributed by atoms with Crippen LogP contribution in [-0.4, -0.2) is 43.3 Å². The lowest BCUT2D eigenvalue weighted by molar-refractivity contribution is 0.0955. The van der Waals surface area contributed by atoms with Crippen molar-refractivity contribution in [1.82, 2.24) is 5.43 Å². The van der Waals surface area contributed by atoms with Crippen molar-refractivity contribution in [2.24, 2.45) is 5.10 Å². The smallest absolute Gasteiger partial charge is 0.271 e. The summed E-state index contributed by atoms with van der Waals surface area (Å²) < 4.78 is 30.9.